The van der Waals surface area contributed by atoms with E-state index in [0.29, 0.717) is 24.3 Å². The number of hydrogen-bond donors (Lipinski definition) is 0. The molecule has 0 amide bonds. The molecule has 154 valence electrons. The lowest BCUT2D eigenvalue weighted by Gasteiger charge is -2.36. The Morgan fingerprint density at radius 3 is 2.48 bits per heavy atom. The van der Waals surface area contributed by atoms with Gasteiger partial charge in [-0.1, -0.05) is 12.1 Å². The number of hydrogen-bond acceptors (Lipinski definition) is 5. The lowest BCUT2D eigenvalue weighted by atomic mass is 9.69. The quantitative estimate of drug-likeness (QED) is 0.675. The number of Topliss-reactive ketones (excluding diaryl/α,β-unsaturated/α-hetero) is 1. The van der Waals surface area contributed by atoms with Crippen LogP contribution in [0.3, 0.4) is 0 Å². The van der Waals surface area contributed by atoms with Crippen molar-refractivity contribution in [2.75, 3.05) is 6.61 Å². The zero-order valence-electron chi connectivity index (χ0n) is 17.3. The number of aliphatic imine (C=N–C) groups is 1. The number of esters is 1. The topological polar surface area (TPSA) is 65.0 Å². The number of carbonyl (C=O) groups excluding carboxylic acids is 2. The third kappa shape index (κ3) is 4.00. The predicted molar refractivity (Wildman–Crippen MR) is 111 cm³/mol. The number of rotatable bonds is 5. The van der Waals surface area contributed by atoms with Gasteiger partial charge < -0.3 is 9.47 Å². The number of allylic oxidation sites excluding steroid dienone is 1. The van der Waals surface area contributed by atoms with Gasteiger partial charge in [-0.15, -0.1) is 0 Å². The maximum Gasteiger partial charge on any atom is 0.336 e. The van der Waals surface area contributed by atoms with E-state index in [1.807, 2.05) is 38.1 Å². The van der Waals surface area contributed by atoms with Gasteiger partial charge in [0.05, 0.1) is 18.1 Å². The molecule has 0 radical (unpaired) electrons. The van der Waals surface area contributed by atoms with E-state index in [-0.39, 0.29) is 29.7 Å². The van der Waals surface area contributed by atoms with Crippen LogP contribution in [0.4, 0.5) is 0 Å². The fraction of sp³-hybridized carbons (Fsp3) is 0.542. The Hall–Kier alpha value is -2.43. The molecule has 1 aromatic rings. The highest BCUT2D eigenvalue weighted by Crippen LogP contribution is 2.43. The average molecular weight is 395 g/mol. The van der Waals surface area contributed by atoms with Crippen molar-refractivity contribution < 1.29 is 19.1 Å². The third-order valence-corrected chi connectivity index (χ3v) is 6.25. The number of nitrogens with zero attached hydrogens (tertiary/aromatic N) is 1. The van der Waals surface area contributed by atoms with E-state index < -0.39 is 0 Å². The summed E-state index contributed by atoms with van der Waals surface area (Å²) in [6, 6.07) is 7.76. The minimum absolute atomic E-state index is 0.0174. The molecule has 5 heteroatoms. The Morgan fingerprint density at radius 2 is 1.79 bits per heavy atom. The Labute approximate surface area is 172 Å². The molecule has 5 nitrogen and oxygen atoms in total. The van der Waals surface area contributed by atoms with Crippen molar-refractivity contribution in [2.45, 2.75) is 70.8 Å². The lowest BCUT2D eigenvalue weighted by molar-refractivity contribution is -0.144. The van der Waals surface area contributed by atoms with Crippen molar-refractivity contribution in [1.29, 1.82) is 0 Å². The van der Waals surface area contributed by atoms with Crippen LogP contribution in [0.5, 0.6) is 5.75 Å². The summed E-state index contributed by atoms with van der Waals surface area (Å²) in [6.45, 7) is 4.41. The number of ketones is 1. The Morgan fingerprint density at radius 1 is 1.07 bits per heavy atom. The van der Waals surface area contributed by atoms with Gasteiger partial charge in [0.15, 0.2) is 0 Å². The summed E-state index contributed by atoms with van der Waals surface area (Å²) >= 11 is 0. The van der Waals surface area contributed by atoms with Crippen LogP contribution in [0.1, 0.15) is 70.3 Å². The third-order valence-electron chi connectivity index (χ3n) is 6.25. The molecule has 0 bridgehead atoms. The number of carbonyl (C=O) groups is 2. The van der Waals surface area contributed by atoms with Gasteiger partial charge in [0.2, 0.25) is 0 Å². The highest BCUT2D eigenvalue weighted by molar-refractivity contribution is 6.11. The van der Waals surface area contributed by atoms with Gasteiger partial charge in [0.25, 0.3) is 0 Å². The molecule has 1 aliphatic heterocycles. The molecular weight excluding hydrogens is 366 g/mol. The number of ether oxygens (including phenoxy) is 2. The van der Waals surface area contributed by atoms with Gasteiger partial charge in [-0.05, 0) is 70.1 Å². The van der Waals surface area contributed by atoms with Crippen molar-refractivity contribution in [1.82, 2.24) is 0 Å². The minimum atomic E-state index is -0.364. The van der Waals surface area contributed by atoms with Crippen LogP contribution in [-0.2, 0) is 14.3 Å². The molecule has 1 aromatic carbocycles. The maximum absolute atomic E-state index is 13.2. The van der Waals surface area contributed by atoms with Crippen molar-refractivity contribution in [3.63, 3.8) is 0 Å². The fourth-order valence-electron chi connectivity index (χ4n) is 4.90. The lowest BCUT2D eigenvalue weighted by Crippen LogP contribution is -2.39. The molecular formula is C24H29NO4. The number of benzene rings is 1. The van der Waals surface area contributed by atoms with Gasteiger partial charge in [-0.2, -0.15) is 0 Å². The number of fused-ring (bicyclic) bond motifs is 1. The van der Waals surface area contributed by atoms with Crippen LogP contribution in [0, 0.1) is 5.92 Å². The van der Waals surface area contributed by atoms with Gasteiger partial charge in [-0.3, -0.25) is 9.79 Å². The molecule has 0 aromatic heterocycles. The van der Waals surface area contributed by atoms with Gasteiger partial charge in [0.1, 0.15) is 17.6 Å². The van der Waals surface area contributed by atoms with E-state index in [1.54, 1.807) is 0 Å². The summed E-state index contributed by atoms with van der Waals surface area (Å²) in [5, 5.41) is 0. The van der Waals surface area contributed by atoms with Gasteiger partial charge in [0, 0.05) is 23.7 Å². The second-order valence-corrected chi connectivity index (χ2v) is 8.19. The first-order valence-corrected chi connectivity index (χ1v) is 10.8. The highest BCUT2D eigenvalue weighted by atomic mass is 16.5. The summed E-state index contributed by atoms with van der Waals surface area (Å²) in [5.74, 6) is -0.0508. The molecule has 1 unspecified atom stereocenters. The predicted octanol–water partition coefficient (Wildman–Crippen LogP) is 4.75. The van der Waals surface area contributed by atoms with Crippen LogP contribution < -0.4 is 4.74 Å². The maximum atomic E-state index is 13.2. The van der Waals surface area contributed by atoms with E-state index in [2.05, 4.69) is 0 Å². The summed E-state index contributed by atoms with van der Waals surface area (Å²) in [6.07, 6.45) is 6.21. The normalized spacial score (nSPS) is 24.9. The molecule has 4 rings (SSSR count). The van der Waals surface area contributed by atoms with Crippen molar-refractivity contribution in [3.05, 3.63) is 41.1 Å². The zero-order valence-corrected chi connectivity index (χ0v) is 17.3. The van der Waals surface area contributed by atoms with Crippen molar-refractivity contribution in [2.24, 2.45) is 10.9 Å². The Bertz CT molecular complexity index is 846. The smallest absolute Gasteiger partial charge is 0.336 e. The van der Waals surface area contributed by atoms with Crippen LogP contribution in [0.15, 0.2) is 40.5 Å². The average Bonchev–Trinajstić information content (AvgIpc) is 3.21. The first kappa shape index (κ1) is 19.9. The monoisotopic (exact) mass is 395 g/mol. The van der Waals surface area contributed by atoms with Crippen LogP contribution in [-0.4, -0.2) is 30.2 Å². The SMILES string of the molecule is CCOc1ccc([C@H]2C(C(=O)OC3CCCC3)=C(C)N=C3CCCC(=O)C32)cc1. The molecule has 0 saturated heterocycles. The van der Waals surface area contributed by atoms with Gasteiger partial charge in [-0.25, -0.2) is 4.79 Å². The second kappa shape index (κ2) is 8.52. The van der Waals surface area contributed by atoms with E-state index in [4.69, 9.17) is 14.5 Å². The van der Waals surface area contributed by atoms with Crippen LogP contribution in [0.25, 0.3) is 0 Å². The van der Waals surface area contributed by atoms with Crippen LogP contribution in [0.2, 0.25) is 0 Å². The zero-order chi connectivity index (χ0) is 20.4. The standard InChI is InChI=1S/C24H29NO4/c1-3-28-17-13-11-16(12-14-17)22-21(24(27)29-18-7-4-5-8-18)15(2)25-19-9-6-10-20(26)23(19)22/h11-14,18,22-23H,3-10H2,1-2H3/t22-,23?/m0/s1. The minimum Gasteiger partial charge on any atom is -0.494 e. The molecule has 2 atom stereocenters. The highest BCUT2D eigenvalue weighted by Gasteiger charge is 2.44. The van der Waals surface area contributed by atoms with Gasteiger partial charge >= 0.3 is 5.97 Å². The summed E-state index contributed by atoms with van der Waals surface area (Å²) in [4.78, 5) is 30.8. The molecule has 29 heavy (non-hydrogen) atoms. The second-order valence-electron chi connectivity index (χ2n) is 8.19. The molecule has 0 N–H and O–H groups in total. The largest absolute Gasteiger partial charge is 0.494 e. The first-order chi connectivity index (χ1) is 14.1. The first-order valence-electron chi connectivity index (χ1n) is 10.8. The van der Waals surface area contributed by atoms with Crippen molar-refractivity contribution >= 4 is 17.5 Å². The van der Waals surface area contributed by atoms with E-state index in [1.165, 1.54) is 0 Å². The molecule has 2 fully saturated rings. The molecule has 0 spiro atoms. The molecule has 3 aliphatic rings. The van der Waals surface area contributed by atoms with Crippen molar-refractivity contribution in [3.8, 4) is 5.75 Å². The fourth-order valence-corrected chi connectivity index (χ4v) is 4.90. The molecule has 2 saturated carbocycles. The Balaban J connectivity index is 1.72. The van der Waals surface area contributed by atoms with E-state index in [9.17, 15) is 9.59 Å². The summed E-state index contributed by atoms with van der Waals surface area (Å²) in [7, 11) is 0. The molecule has 2 aliphatic carbocycles. The van der Waals surface area contributed by atoms with E-state index >= 15 is 0 Å². The summed E-state index contributed by atoms with van der Waals surface area (Å²) < 4.78 is 11.4. The van der Waals surface area contributed by atoms with E-state index in [0.717, 1.165) is 55.5 Å². The summed E-state index contributed by atoms with van der Waals surface area (Å²) in [5.41, 5.74) is 3.09. The molecule has 1 heterocycles. The van der Waals surface area contributed by atoms with Crippen LogP contribution >= 0.6 is 0 Å². The Kier molecular flexibility index (Phi) is 5.84.